The Bertz CT molecular complexity index is 28.1. The zero-order valence-corrected chi connectivity index (χ0v) is 5.75. The van der Waals surface area contributed by atoms with Crippen LogP contribution in [0.4, 0.5) is 0 Å². The summed E-state index contributed by atoms with van der Waals surface area (Å²) >= 11 is 1.11. The first-order valence-electron chi connectivity index (χ1n) is 1.31. The molecule has 27 valence electrons. The van der Waals surface area contributed by atoms with E-state index < -0.39 is 0 Å². The van der Waals surface area contributed by atoms with Crippen molar-refractivity contribution in [2.24, 2.45) is 0 Å². The van der Waals surface area contributed by atoms with Gasteiger partial charge in [0, 0.05) is 0 Å². The van der Waals surface area contributed by atoms with Crippen molar-refractivity contribution in [2.75, 3.05) is 6.61 Å². The Morgan fingerprint density at radius 2 is 2.60 bits per heavy atom. The van der Waals surface area contributed by atoms with E-state index in [1.807, 2.05) is 0 Å². The molecule has 0 N–H and O–H groups in total. The summed E-state index contributed by atoms with van der Waals surface area (Å²) in [6.07, 6.45) is 1.73. The molecule has 0 rings (SSSR count). The summed E-state index contributed by atoms with van der Waals surface area (Å²) < 4.78 is 4.66. The minimum absolute atomic E-state index is 0.693. The van der Waals surface area contributed by atoms with Gasteiger partial charge in [-0.05, 0) is 0 Å². The average Bonchev–Trinajstić information content (AvgIpc) is 1.41. The van der Waals surface area contributed by atoms with Gasteiger partial charge in [0.25, 0.3) is 0 Å². The molecular formula is C3H5OSn. The zero-order valence-electron chi connectivity index (χ0n) is 2.90. The third kappa shape index (κ3) is 4.50. The van der Waals surface area contributed by atoms with E-state index in [9.17, 15) is 0 Å². The van der Waals surface area contributed by atoms with Crippen LogP contribution < -0.4 is 0 Å². The zero-order chi connectivity index (χ0) is 4.12. The predicted octanol–water partition coefficient (Wildman–Crippen LogP) is 0.272. The Morgan fingerprint density at radius 1 is 2.00 bits per heavy atom. The summed E-state index contributed by atoms with van der Waals surface area (Å²) in [5, 5.41) is 0. The average molecular weight is 176 g/mol. The second kappa shape index (κ2) is 4.50. The molecule has 0 aromatic heterocycles. The molecule has 0 saturated heterocycles. The van der Waals surface area contributed by atoms with Crippen molar-refractivity contribution in [3.05, 3.63) is 12.7 Å². The number of hydrogen-bond acceptors (Lipinski definition) is 1. The predicted molar refractivity (Wildman–Crippen MR) is 21.9 cm³/mol. The van der Waals surface area contributed by atoms with Crippen LogP contribution in [0.1, 0.15) is 0 Å². The molecule has 0 aromatic rings. The first kappa shape index (κ1) is 5.50. The summed E-state index contributed by atoms with van der Waals surface area (Å²) in [6, 6.07) is 0. The van der Waals surface area contributed by atoms with Crippen molar-refractivity contribution in [2.45, 2.75) is 0 Å². The van der Waals surface area contributed by atoms with Crippen LogP contribution >= 0.6 is 0 Å². The topological polar surface area (TPSA) is 9.23 Å². The first-order valence-corrected chi connectivity index (χ1v) is 2.47. The maximum absolute atomic E-state index is 4.66. The molecular weight excluding hydrogens is 171 g/mol. The molecule has 0 aromatic carbocycles. The minimum atomic E-state index is 0.693. The number of hydrogen-bond donors (Lipinski definition) is 0. The number of rotatable bonds is 2. The molecule has 3 radical (unpaired) electrons. The van der Waals surface area contributed by atoms with E-state index in [1.165, 1.54) is 0 Å². The van der Waals surface area contributed by atoms with E-state index in [2.05, 4.69) is 9.65 Å². The Kier molecular flexibility index (Phi) is 4.95. The Morgan fingerprint density at radius 3 is 2.60 bits per heavy atom. The SMILES string of the molecule is C=CC[O][Sn]. The van der Waals surface area contributed by atoms with Crippen LogP contribution in [0, 0.1) is 0 Å². The van der Waals surface area contributed by atoms with E-state index >= 15 is 0 Å². The Labute approximate surface area is 45.7 Å². The van der Waals surface area contributed by atoms with Crippen LogP contribution in [0.3, 0.4) is 0 Å². The van der Waals surface area contributed by atoms with Gasteiger partial charge >= 0.3 is 45.3 Å². The molecule has 0 aliphatic heterocycles. The molecule has 1 nitrogen and oxygen atoms in total. The molecule has 0 aliphatic carbocycles. The normalized spacial score (nSPS) is 7.40. The molecule has 0 aliphatic rings. The van der Waals surface area contributed by atoms with Gasteiger partial charge in [-0.1, -0.05) is 0 Å². The van der Waals surface area contributed by atoms with Crippen molar-refractivity contribution in [1.82, 2.24) is 0 Å². The molecule has 0 atom stereocenters. The van der Waals surface area contributed by atoms with Crippen LogP contribution in [-0.4, -0.2) is 29.5 Å². The van der Waals surface area contributed by atoms with Gasteiger partial charge in [-0.2, -0.15) is 0 Å². The molecule has 0 bridgehead atoms. The molecule has 5 heavy (non-hydrogen) atoms. The quantitative estimate of drug-likeness (QED) is 0.433. The van der Waals surface area contributed by atoms with Gasteiger partial charge in [0.05, 0.1) is 0 Å². The van der Waals surface area contributed by atoms with Crippen LogP contribution in [0.5, 0.6) is 0 Å². The Hall–Kier alpha value is 0.499. The van der Waals surface area contributed by atoms with E-state index in [0.29, 0.717) is 6.61 Å². The van der Waals surface area contributed by atoms with Crippen molar-refractivity contribution in [1.29, 1.82) is 0 Å². The van der Waals surface area contributed by atoms with Gasteiger partial charge in [0.15, 0.2) is 0 Å². The van der Waals surface area contributed by atoms with E-state index in [1.54, 1.807) is 6.08 Å². The van der Waals surface area contributed by atoms with Gasteiger partial charge in [-0.3, -0.25) is 0 Å². The van der Waals surface area contributed by atoms with Crippen LogP contribution in [0.2, 0.25) is 0 Å². The van der Waals surface area contributed by atoms with Gasteiger partial charge in [0.1, 0.15) is 0 Å². The van der Waals surface area contributed by atoms with Crippen molar-refractivity contribution < 1.29 is 3.07 Å². The standard InChI is InChI=1S/C3H5O.Sn/c1-2-3-4;/h2H,1,3H2;/q-1;+1. The third-order valence-corrected chi connectivity index (χ3v) is 0.677. The molecule has 0 fully saturated rings. The first-order chi connectivity index (χ1) is 2.41. The van der Waals surface area contributed by atoms with E-state index in [-0.39, 0.29) is 0 Å². The third-order valence-electron chi connectivity index (χ3n) is 0.201. The molecule has 0 amide bonds. The van der Waals surface area contributed by atoms with Crippen molar-refractivity contribution in [3.8, 4) is 0 Å². The summed E-state index contributed by atoms with van der Waals surface area (Å²) in [7, 11) is 0. The fourth-order valence-electron chi connectivity index (χ4n) is 0.0589. The van der Waals surface area contributed by atoms with Crippen molar-refractivity contribution >= 4 is 22.9 Å². The molecule has 0 heterocycles. The van der Waals surface area contributed by atoms with Crippen LogP contribution in [-0.2, 0) is 3.07 Å². The summed E-state index contributed by atoms with van der Waals surface area (Å²) in [6.45, 7) is 4.13. The van der Waals surface area contributed by atoms with Crippen LogP contribution in [0.15, 0.2) is 12.7 Å². The fourth-order valence-corrected chi connectivity index (χ4v) is 0.395. The maximum atomic E-state index is 4.66. The van der Waals surface area contributed by atoms with Crippen molar-refractivity contribution in [3.63, 3.8) is 0 Å². The summed E-state index contributed by atoms with van der Waals surface area (Å²) in [5.41, 5.74) is 0. The monoisotopic (exact) mass is 177 g/mol. The van der Waals surface area contributed by atoms with Gasteiger partial charge in [0.2, 0.25) is 0 Å². The second-order valence-electron chi connectivity index (χ2n) is 0.600. The second-order valence-corrected chi connectivity index (χ2v) is 1.42. The summed E-state index contributed by atoms with van der Waals surface area (Å²) in [4.78, 5) is 0. The molecule has 0 saturated carbocycles. The molecule has 0 unspecified atom stereocenters. The van der Waals surface area contributed by atoms with Gasteiger partial charge in [-0.15, -0.1) is 0 Å². The van der Waals surface area contributed by atoms with Gasteiger partial charge < -0.3 is 0 Å². The van der Waals surface area contributed by atoms with E-state index in [4.69, 9.17) is 0 Å². The van der Waals surface area contributed by atoms with Gasteiger partial charge in [-0.25, -0.2) is 0 Å². The van der Waals surface area contributed by atoms with E-state index in [0.717, 1.165) is 22.9 Å². The molecule has 2 heteroatoms. The Balaban J connectivity index is 2.40. The summed E-state index contributed by atoms with van der Waals surface area (Å²) in [5.74, 6) is 0. The van der Waals surface area contributed by atoms with Crippen LogP contribution in [0.25, 0.3) is 0 Å². The molecule has 0 spiro atoms. The fraction of sp³-hybridized carbons (Fsp3) is 0.333.